The first-order valence-corrected chi connectivity index (χ1v) is 7.17. The Balaban J connectivity index is 1.78. The number of hydrogen-bond acceptors (Lipinski definition) is 6. The molecule has 0 radical (unpaired) electrons. The van der Waals surface area contributed by atoms with Gasteiger partial charge in [0.25, 0.3) is 0 Å². The first-order chi connectivity index (χ1) is 10.7. The Labute approximate surface area is 131 Å². The summed E-state index contributed by atoms with van der Waals surface area (Å²) in [6.45, 7) is 0.474. The summed E-state index contributed by atoms with van der Waals surface area (Å²) >= 11 is 3.29. The predicted molar refractivity (Wildman–Crippen MR) is 80.5 cm³/mol. The molecule has 0 bridgehead atoms. The zero-order valence-electron chi connectivity index (χ0n) is 11.1. The van der Waals surface area contributed by atoms with Crippen molar-refractivity contribution in [2.45, 2.75) is 6.54 Å². The fourth-order valence-electron chi connectivity index (χ4n) is 2.25. The molecule has 4 rings (SSSR count). The lowest BCUT2D eigenvalue weighted by Gasteiger charge is -2.03. The highest BCUT2D eigenvalue weighted by Crippen LogP contribution is 2.15. The summed E-state index contributed by atoms with van der Waals surface area (Å²) in [5.74, 6) is 0. The summed E-state index contributed by atoms with van der Waals surface area (Å²) in [7, 11) is 0. The average Bonchev–Trinajstić information content (AvgIpc) is 3.11. The Morgan fingerprint density at radius 3 is 3.09 bits per heavy atom. The third-order valence-electron chi connectivity index (χ3n) is 3.27. The van der Waals surface area contributed by atoms with Gasteiger partial charge in [-0.25, -0.2) is 19.2 Å². The van der Waals surface area contributed by atoms with E-state index in [-0.39, 0.29) is 0 Å². The van der Waals surface area contributed by atoms with Crippen LogP contribution in [0.1, 0.15) is 15.9 Å². The number of carbonyl (C=O) groups excluding carboxylic acids is 1. The zero-order chi connectivity index (χ0) is 15.1. The summed E-state index contributed by atoms with van der Waals surface area (Å²) in [5, 5.41) is 12.2. The SMILES string of the molecule is O=Cc1cnn2ccc(Cn3nnc4ncc(Br)nc43)cc12. The molecule has 22 heavy (non-hydrogen) atoms. The fraction of sp³-hybridized carbons (Fsp3) is 0.0769. The van der Waals surface area contributed by atoms with Crippen LogP contribution in [0, 0.1) is 0 Å². The van der Waals surface area contributed by atoms with Crippen LogP contribution in [0.2, 0.25) is 0 Å². The minimum Gasteiger partial charge on any atom is -0.298 e. The van der Waals surface area contributed by atoms with E-state index in [2.05, 4.69) is 41.3 Å². The van der Waals surface area contributed by atoms with Gasteiger partial charge < -0.3 is 0 Å². The van der Waals surface area contributed by atoms with Crippen LogP contribution >= 0.6 is 15.9 Å². The van der Waals surface area contributed by atoms with E-state index < -0.39 is 0 Å². The molecule has 0 atom stereocenters. The van der Waals surface area contributed by atoms with E-state index in [1.807, 2.05) is 12.1 Å². The van der Waals surface area contributed by atoms with Gasteiger partial charge in [0.15, 0.2) is 11.9 Å². The molecule has 8 nitrogen and oxygen atoms in total. The second-order valence-electron chi connectivity index (χ2n) is 4.67. The van der Waals surface area contributed by atoms with Crippen molar-refractivity contribution in [1.29, 1.82) is 0 Å². The molecule has 0 amide bonds. The second kappa shape index (κ2) is 4.95. The largest absolute Gasteiger partial charge is 0.298 e. The number of carbonyl (C=O) groups is 1. The van der Waals surface area contributed by atoms with E-state index in [4.69, 9.17) is 0 Å². The molecule has 4 heterocycles. The summed E-state index contributed by atoms with van der Waals surface area (Å²) < 4.78 is 3.94. The van der Waals surface area contributed by atoms with E-state index in [0.717, 1.165) is 17.4 Å². The Morgan fingerprint density at radius 1 is 1.32 bits per heavy atom. The Kier molecular flexibility index (Phi) is 2.93. The van der Waals surface area contributed by atoms with E-state index >= 15 is 0 Å². The topological polar surface area (TPSA) is 90.9 Å². The number of fused-ring (bicyclic) bond motifs is 2. The minimum absolute atomic E-state index is 0.474. The highest BCUT2D eigenvalue weighted by atomic mass is 79.9. The number of hydrogen-bond donors (Lipinski definition) is 0. The highest BCUT2D eigenvalue weighted by molar-refractivity contribution is 9.10. The molecule has 4 aromatic rings. The maximum atomic E-state index is 11.0. The van der Waals surface area contributed by atoms with Crippen molar-refractivity contribution in [3.8, 4) is 0 Å². The molecule has 9 heteroatoms. The lowest BCUT2D eigenvalue weighted by atomic mass is 10.2. The van der Waals surface area contributed by atoms with E-state index in [9.17, 15) is 4.79 Å². The van der Waals surface area contributed by atoms with Crippen LogP contribution in [-0.4, -0.2) is 40.9 Å². The van der Waals surface area contributed by atoms with Gasteiger partial charge in [-0.2, -0.15) is 5.10 Å². The molecule has 0 aliphatic rings. The summed E-state index contributed by atoms with van der Waals surface area (Å²) in [4.78, 5) is 19.5. The van der Waals surface area contributed by atoms with E-state index in [0.29, 0.717) is 28.0 Å². The Bertz CT molecular complexity index is 1010. The molecule has 0 unspecified atom stereocenters. The quantitative estimate of drug-likeness (QED) is 0.516. The zero-order valence-corrected chi connectivity index (χ0v) is 12.7. The first kappa shape index (κ1) is 13.0. The van der Waals surface area contributed by atoms with Crippen molar-refractivity contribution >= 4 is 39.0 Å². The van der Waals surface area contributed by atoms with Crippen molar-refractivity contribution in [3.63, 3.8) is 0 Å². The number of halogens is 1. The van der Waals surface area contributed by atoms with Gasteiger partial charge in [-0.15, -0.1) is 5.10 Å². The Morgan fingerprint density at radius 2 is 2.23 bits per heavy atom. The normalized spacial score (nSPS) is 11.3. The van der Waals surface area contributed by atoms with Gasteiger partial charge in [0.1, 0.15) is 4.60 Å². The molecule has 0 saturated carbocycles. The molecule has 0 saturated heterocycles. The first-order valence-electron chi connectivity index (χ1n) is 6.38. The van der Waals surface area contributed by atoms with Crippen LogP contribution in [0.3, 0.4) is 0 Å². The summed E-state index contributed by atoms with van der Waals surface area (Å²) in [6, 6.07) is 3.81. The minimum atomic E-state index is 0.474. The van der Waals surface area contributed by atoms with Gasteiger partial charge in [0.2, 0.25) is 5.65 Å². The van der Waals surface area contributed by atoms with Crippen LogP contribution in [0.25, 0.3) is 16.8 Å². The van der Waals surface area contributed by atoms with Crippen molar-refractivity contribution in [2.24, 2.45) is 0 Å². The smallest absolute Gasteiger partial charge is 0.221 e. The molecule has 4 aromatic heterocycles. The standard InChI is InChI=1S/C13H8BrN7O/c14-11-5-15-12-13(17-11)21(19-18-12)6-8-1-2-20-10(3-8)9(7-22)4-16-20/h1-5,7H,6H2. The molecule has 0 aliphatic heterocycles. The van der Waals surface area contributed by atoms with E-state index in [1.165, 1.54) is 0 Å². The fourth-order valence-corrected chi connectivity index (χ4v) is 2.52. The monoisotopic (exact) mass is 357 g/mol. The molecule has 0 spiro atoms. The van der Waals surface area contributed by atoms with Gasteiger partial charge in [-0.05, 0) is 33.6 Å². The van der Waals surface area contributed by atoms with Crippen LogP contribution in [0.4, 0.5) is 0 Å². The number of aromatic nitrogens is 7. The molecule has 0 aliphatic carbocycles. The number of aldehydes is 1. The molecule has 0 N–H and O–H groups in total. The molecule has 108 valence electrons. The van der Waals surface area contributed by atoms with E-state index in [1.54, 1.807) is 27.8 Å². The average molecular weight is 358 g/mol. The Hall–Kier alpha value is -2.68. The maximum absolute atomic E-state index is 11.0. The van der Waals surface area contributed by atoms with Crippen molar-refractivity contribution in [3.05, 3.63) is 46.5 Å². The van der Waals surface area contributed by atoms with Gasteiger partial charge in [-0.1, -0.05) is 5.21 Å². The lowest BCUT2D eigenvalue weighted by molar-refractivity contribution is 0.112. The number of nitrogens with zero attached hydrogens (tertiary/aromatic N) is 7. The van der Waals surface area contributed by atoms with Gasteiger partial charge in [0, 0.05) is 6.20 Å². The second-order valence-corrected chi connectivity index (χ2v) is 5.48. The predicted octanol–water partition coefficient (Wildman–Crippen LogP) is 1.49. The number of rotatable bonds is 3. The van der Waals surface area contributed by atoms with Gasteiger partial charge in [-0.3, -0.25) is 4.79 Å². The van der Waals surface area contributed by atoms with Crippen LogP contribution in [0.15, 0.2) is 35.3 Å². The van der Waals surface area contributed by atoms with Crippen molar-refractivity contribution in [1.82, 2.24) is 34.6 Å². The molecular formula is C13H8BrN7O. The van der Waals surface area contributed by atoms with Gasteiger partial charge in [0.05, 0.1) is 30.0 Å². The number of pyridine rings is 1. The summed E-state index contributed by atoms with van der Waals surface area (Å²) in [6.07, 6.45) is 5.72. The maximum Gasteiger partial charge on any atom is 0.221 e. The summed E-state index contributed by atoms with van der Waals surface area (Å²) in [5.41, 5.74) is 3.35. The van der Waals surface area contributed by atoms with Gasteiger partial charge >= 0.3 is 0 Å². The van der Waals surface area contributed by atoms with Crippen molar-refractivity contribution in [2.75, 3.05) is 0 Å². The lowest BCUT2D eigenvalue weighted by Crippen LogP contribution is -2.04. The molecule has 0 fully saturated rings. The third kappa shape index (κ3) is 2.06. The molecule has 0 aromatic carbocycles. The third-order valence-corrected chi connectivity index (χ3v) is 3.66. The molecular weight excluding hydrogens is 350 g/mol. The van der Waals surface area contributed by atoms with Crippen LogP contribution in [-0.2, 0) is 6.54 Å². The van der Waals surface area contributed by atoms with Crippen LogP contribution < -0.4 is 0 Å². The van der Waals surface area contributed by atoms with Crippen molar-refractivity contribution < 1.29 is 4.79 Å². The highest BCUT2D eigenvalue weighted by Gasteiger charge is 2.10. The van der Waals surface area contributed by atoms with Crippen LogP contribution in [0.5, 0.6) is 0 Å².